The lowest BCUT2D eigenvalue weighted by molar-refractivity contribution is -0.207. The van der Waals surface area contributed by atoms with Crippen molar-refractivity contribution in [1.82, 2.24) is 9.47 Å². The van der Waals surface area contributed by atoms with Gasteiger partial charge in [-0.15, -0.1) is 0 Å². The van der Waals surface area contributed by atoms with Gasteiger partial charge in [0.25, 0.3) is 5.91 Å². The molecular weight excluding hydrogens is 751 g/mol. The van der Waals surface area contributed by atoms with Crippen LogP contribution in [0.5, 0.6) is 0 Å². The van der Waals surface area contributed by atoms with Crippen molar-refractivity contribution in [3.05, 3.63) is 167 Å². The lowest BCUT2D eigenvalue weighted by Crippen LogP contribution is -2.44. The van der Waals surface area contributed by atoms with Crippen LogP contribution in [0.4, 0.5) is 26.3 Å². The van der Waals surface area contributed by atoms with Gasteiger partial charge in [-0.25, -0.2) is 0 Å². The molecule has 0 bridgehead atoms. The Bertz CT molecular complexity index is 2310. The minimum atomic E-state index is -4.50. The molecule has 4 aromatic carbocycles. The minimum Gasteiger partial charge on any atom is -0.339 e. The molecule has 5 aromatic rings. The first-order valence-corrected chi connectivity index (χ1v) is 20.0. The highest BCUT2D eigenvalue weighted by atomic mass is 19.4. The topological polar surface area (TPSA) is 42.3 Å². The second kappa shape index (κ2) is 16.5. The lowest BCUT2D eigenvalue weighted by Gasteiger charge is -2.35. The molecule has 58 heavy (non-hydrogen) atoms. The maximum absolute atomic E-state index is 14.8. The van der Waals surface area contributed by atoms with Crippen LogP contribution in [-0.4, -0.2) is 39.9 Å². The zero-order valence-electron chi connectivity index (χ0n) is 32.5. The zero-order chi connectivity index (χ0) is 41.2. The quantitative estimate of drug-likeness (QED) is 0.118. The number of nitrogens with zero attached hydrogens (tertiary/aromatic N) is 2. The third kappa shape index (κ3) is 8.03. The number of hydrogen-bond acceptors (Lipinski definition) is 2. The van der Waals surface area contributed by atoms with Crippen LogP contribution < -0.4 is 0 Å². The Morgan fingerprint density at radius 2 is 1.48 bits per heavy atom. The Morgan fingerprint density at radius 3 is 2.10 bits per heavy atom. The summed E-state index contributed by atoms with van der Waals surface area (Å²) in [5.74, 6) is -1.25. The molecule has 1 fully saturated rings. The third-order valence-electron chi connectivity index (χ3n) is 11.9. The number of carbonyl (C=O) groups excluding carboxylic acids is 2. The number of allylic oxidation sites excluding steroid dienone is 3. The van der Waals surface area contributed by atoms with Crippen LogP contribution in [0.1, 0.15) is 96.1 Å². The van der Waals surface area contributed by atoms with Crippen LogP contribution in [0.3, 0.4) is 0 Å². The molecule has 0 N–H and O–H groups in total. The molecule has 1 aromatic heterocycles. The van der Waals surface area contributed by atoms with E-state index in [9.17, 15) is 35.9 Å². The maximum atomic E-state index is 14.8. The molecule has 0 saturated carbocycles. The molecule has 2 heterocycles. The normalized spacial score (nSPS) is 20.3. The van der Waals surface area contributed by atoms with Crippen LogP contribution in [0.15, 0.2) is 133 Å². The number of alkyl halides is 6. The molecule has 4 unspecified atom stereocenters. The predicted octanol–water partition coefficient (Wildman–Crippen LogP) is 12.2. The summed E-state index contributed by atoms with van der Waals surface area (Å²) >= 11 is 0. The Kier molecular flexibility index (Phi) is 11.6. The Morgan fingerprint density at radius 1 is 0.810 bits per heavy atom. The summed E-state index contributed by atoms with van der Waals surface area (Å²) in [4.78, 5) is 30.8. The minimum absolute atomic E-state index is 0.107. The summed E-state index contributed by atoms with van der Waals surface area (Å²) < 4.78 is 85.7. The SMILES string of the molecule is CCCc1ccc(C(=O)N2CCC(c3cn(C(Cc4ccc(C(F)(F)F)cc4)c4ccccc4)c4ccccc34)C2C(=O)C2=CCC(CCC)(C(F)(F)F)C=C2)cc1. The largest absolute Gasteiger partial charge is 0.416 e. The van der Waals surface area contributed by atoms with Crippen molar-refractivity contribution >= 4 is 22.6 Å². The lowest BCUT2D eigenvalue weighted by atomic mass is 9.74. The second-order valence-electron chi connectivity index (χ2n) is 15.6. The molecule has 302 valence electrons. The van der Waals surface area contributed by atoms with Crippen LogP contribution in [0, 0.1) is 5.41 Å². The second-order valence-corrected chi connectivity index (χ2v) is 15.6. The van der Waals surface area contributed by atoms with E-state index in [0.29, 0.717) is 30.4 Å². The molecule has 7 rings (SSSR count). The van der Waals surface area contributed by atoms with Gasteiger partial charge in [0.1, 0.15) is 6.04 Å². The number of benzene rings is 4. The van der Waals surface area contributed by atoms with Crippen LogP contribution >= 0.6 is 0 Å². The smallest absolute Gasteiger partial charge is 0.339 e. The number of halogens is 6. The van der Waals surface area contributed by atoms with Gasteiger partial charge in [0, 0.05) is 40.7 Å². The Hall–Kier alpha value is -5.38. The summed E-state index contributed by atoms with van der Waals surface area (Å²) in [5.41, 5.74) is 2.14. The number of aromatic nitrogens is 1. The van der Waals surface area contributed by atoms with Gasteiger partial charge in [-0.3, -0.25) is 9.59 Å². The van der Waals surface area contributed by atoms with Crippen molar-refractivity contribution in [3.63, 3.8) is 0 Å². The van der Waals surface area contributed by atoms with Crippen molar-refractivity contribution in [1.29, 1.82) is 0 Å². The Labute approximate surface area is 334 Å². The van der Waals surface area contributed by atoms with Gasteiger partial charge in [-0.05, 0) is 84.7 Å². The third-order valence-corrected chi connectivity index (χ3v) is 11.9. The molecule has 10 heteroatoms. The average Bonchev–Trinajstić information content (AvgIpc) is 3.82. The molecule has 1 amide bonds. The summed E-state index contributed by atoms with van der Waals surface area (Å²) in [5, 5.41) is 0.851. The van der Waals surface area contributed by atoms with E-state index in [0.717, 1.165) is 58.6 Å². The number of hydrogen-bond donors (Lipinski definition) is 0. The fourth-order valence-corrected chi connectivity index (χ4v) is 8.84. The zero-order valence-corrected chi connectivity index (χ0v) is 32.5. The molecule has 0 spiro atoms. The van der Waals surface area contributed by atoms with Crippen LogP contribution in [0.2, 0.25) is 0 Å². The maximum Gasteiger partial charge on any atom is 0.416 e. The van der Waals surface area contributed by atoms with E-state index < -0.39 is 41.1 Å². The van der Waals surface area contributed by atoms with Crippen LogP contribution in [-0.2, 0) is 23.8 Å². The molecule has 0 radical (unpaired) electrons. The number of fused-ring (bicyclic) bond motifs is 1. The monoisotopic (exact) mass is 796 g/mol. The van der Waals surface area contributed by atoms with E-state index in [4.69, 9.17) is 0 Å². The van der Waals surface area contributed by atoms with Gasteiger partial charge in [0.15, 0.2) is 5.78 Å². The van der Waals surface area contributed by atoms with E-state index in [1.807, 2.05) is 72.9 Å². The molecule has 1 saturated heterocycles. The summed E-state index contributed by atoms with van der Waals surface area (Å²) in [6.45, 7) is 4.03. The average molecular weight is 797 g/mol. The van der Waals surface area contributed by atoms with Crippen molar-refractivity contribution in [2.45, 2.75) is 89.1 Å². The number of ketones is 1. The molecule has 2 aliphatic rings. The van der Waals surface area contributed by atoms with E-state index in [1.54, 1.807) is 24.0 Å². The molecule has 4 atom stereocenters. The van der Waals surface area contributed by atoms with E-state index in [-0.39, 0.29) is 36.9 Å². The fraction of sp³-hybridized carbons (Fsp3) is 0.333. The molecule has 1 aliphatic heterocycles. The van der Waals surface area contributed by atoms with E-state index >= 15 is 0 Å². The van der Waals surface area contributed by atoms with Gasteiger partial charge >= 0.3 is 12.4 Å². The van der Waals surface area contributed by atoms with Crippen LogP contribution in [0.25, 0.3) is 10.9 Å². The van der Waals surface area contributed by atoms with Gasteiger partial charge in [0.2, 0.25) is 0 Å². The molecule has 4 nitrogen and oxygen atoms in total. The van der Waals surface area contributed by atoms with Crippen molar-refractivity contribution in [2.24, 2.45) is 5.41 Å². The number of aryl methyl sites for hydroxylation is 1. The highest BCUT2D eigenvalue weighted by Crippen LogP contribution is 2.49. The van der Waals surface area contributed by atoms with Gasteiger partial charge in [-0.1, -0.05) is 118 Å². The standard InChI is InChI=1S/C48H46F6N2O2/c1-3-10-32-15-19-36(20-16-32)45(58)55-29-25-39(43(55)44(57)35-23-27-46(26-4-2,28-24-35)48(52,53)54)40-31-56(41-14-9-8-13-38(40)41)42(34-11-6-5-7-12-34)30-33-17-21-37(22-18-33)47(49,50)51/h5-9,11-24,27,31,39,42-43H,3-4,10,25-26,28-30H2,1-2H3. The number of amides is 1. The first kappa shape index (κ1) is 40.8. The summed E-state index contributed by atoms with van der Waals surface area (Å²) in [7, 11) is 0. The summed E-state index contributed by atoms with van der Waals surface area (Å²) in [6, 6.07) is 28.5. The number of carbonyl (C=O) groups is 2. The number of likely N-dealkylation sites (tertiary alicyclic amines) is 1. The highest BCUT2D eigenvalue weighted by molar-refractivity contribution is 6.07. The van der Waals surface area contributed by atoms with E-state index in [2.05, 4.69) is 11.5 Å². The molecule has 1 aliphatic carbocycles. The first-order chi connectivity index (χ1) is 27.7. The van der Waals surface area contributed by atoms with E-state index in [1.165, 1.54) is 24.3 Å². The predicted molar refractivity (Wildman–Crippen MR) is 215 cm³/mol. The number of para-hydroxylation sites is 1. The van der Waals surface area contributed by atoms with Gasteiger partial charge in [-0.2, -0.15) is 26.3 Å². The van der Waals surface area contributed by atoms with Gasteiger partial charge < -0.3 is 9.47 Å². The number of rotatable bonds is 12. The highest BCUT2D eigenvalue weighted by Gasteiger charge is 2.53. The summed E-state index contributed by atoms with van der Waals surface area (Å²) in [6.07, 6.45) is -0.723. The van der Waals surface area contributed by atoms with Crippen molar-refractivity contribution in [2.75, 3.05) is 6.54 Å². The van der Waals surface area contributed by atoms with Crippen molar-refractivity contribution in [3.8, 4) is 0 Å². The first-order valence-electron chi connectivity index (χ1n) is 20.0. The van der Waals surface area contributed by atoms with Crippen molar-refractivity contribution < 1.29 is 35.9 Å². The number of Topliss-reactive ketones (excluding diaryl/α,β-unsaturated/α-hetero) is 1. The fourth-order valence-electron chi connectivity index (χ4n) is 8.84. The molecular formula is C48H46F6N2O2. The Balaban J connectivity index is 1.31. The van der Waals surface area contributed by atoms with Gasteiger partial charge in [0.05, 0.1) is 17.0 Å².